The second kappa shape index (κ2) is 5.97. The summed E-state index contributed by atoms with van der Waals surface area (Å²) in [4.78, 5) is 8.53. The van der Waals surface area contributed by atoms with Crippen LogP contribution in [0.25, 0.3) is 0 Å². The fourth-order valence-electron chi connectivity index (χ4n) is 1.62. The molecular weight excluding hydrogens is 265 g/mol. The highest BCUT2D eigenvalue weighted by molar-refractivity contribution is 6.29. The zero-order valence-electron chi connectivity index (χ0n) is 10.8. The second-order valence-corrected chi connectivity index (χ2v) is 4.96. The van der Waals surface area contributed by atoms with E-state index in [0.29, 0.717) is 23.3 Å². The molecule has 0 saturated carbocycles. The molecule has 1 N–H and O–H groups in total. The lowest BCUT2D eigenvalue weighted by atomic mass is 10.2. The predicted molar refractivity (Wildman–Crippen MR) is 74.9 cm³/mol. The molecule has 0 radical (unpaired) electrons. The summed E-state index contributed by atoms with van der Waals surface area (Å²) in [6.45, 7) is 4.49. The minimum atomic E-state index is -0.247. The van der Waals surface area contributed by atoms with Gasteiger partial charge in [-0.05, 0) is 17.7 Å². The van der Waals surface area contributed by atoms with Gasteiger partial charge in [-0.15, -0.1) is 0 Å². The van der Waals surface area contributed by atoms with Crippen LogP contribution in [-0.4, -0.2) is 9.97 Å². The van der Waals surface area contributed by atoms with Crippen molar-refractivity contribution in [3.63, 3.8) is 0 Å². The molecule has 100 valence electrons. The number of nitrogens with one attached hydrogen (secondary N) is 1. The Kier molecular flexibility index (Phi) is 4.32. The Labute approximate surface area is 116 Å². The standard InChI is InChI=1S/C14H15ClFN3/c1-9(2)14-18-12(15)7-13(19-14)17-8-10-4-3-5-11(16)6-10/h3-7,9H,8H2,1-2H3,(H,17,18,19). The smallest absolute Gasteiger partial charge is 0.135 e. The van der Waals surface area contributed by atoms with E-state index in [1.165, 1.54) is 12.1 Å². The molecular formula is C14H15ClFN3. The van der Waals surface area contributed by atoms with Crippen LogP contribution in [0.3, 0.4) is 0 Å². The van der Waals surface area contributed by atoms with Crippen LogP contribution in [0.2, 0.25) is 5.15 Å². The van der Waals surface area contributed by atoms with Gasteiger partial charge in [0.05, 0.1) is 0 Å². The molecule has 2 rings (SSSR count). The first kappa shape index (κ1) is 13.7. The quantitative estimate of drug-likeness (QED) is 0.860. The summed E-state index contributed by atoms with van der Waals surface area (Å²) in [5.41, 5.74) is 0.848. The fourth-order valence-corrected chi connectivity index (χ4v) is 1.81. The number of hydrogen-bond acceptors (Lipinski definition) is 3. The van der Waals surface area contributed by atoms with Gasteiger partial charge in [0.15, 0.2) is 0 Å². The first-order chi connectivity index (χ1) is 9.04. The topological polar surface area (TPSA) is 37.8 Å². The van der Waals surface area contributed by atoms with Crippen molar-refractivity contribution in [3.05, 3.63) is 52.7 Å². The first-order valence-electron chi connectivity index (χ1n) is 6.07. The van der Waals surface area contributed by atoms with E-state index in [1.54, 1.807) is 12.1 Å². The van der Waals surface area contributed by atoms with E-state index in [0.717, 1.165) is 5.56 Å². The average Bonchev–Trinajstić information content (AvgIpc) is 2.36. The van der Waals surface area contributed by atoms with Crippen molar-refractivity contribution in [2.24, 2.45) is 0 Å². The van der Waals surface area contributed by atoms with Crippen LogP contribution in [0.15, 0.2) is 30.3 Å². The molecule has 1 aromatic heterocycles. The summed E-state index contributed by atoms with van der Waals surface area (Å²) in [7, 11) is 0. The van der Waals surface area contributed by atoms with Crippen molar-refractivity contribution in [1.82, 2.24) is 9.97 Å². The third-order valence-electron chi connectivity index (χ3n) is 2.59. The molecule has 0 fully saturated rings. The van der Waals surface area contributed by atoms with Gasteiger partial charge in [0.1, 0.15) is 22.6 Å². The molecule has 0 amide bonds. The molecule has 0 aliphatic carbocycles. The molecule has 0 unspecified atom stereocenters. The molecule has 5 heteroatoms. The third-order valence-corrected chi connectivity index (χ3v) is 2.78. The summed E-state index contributed by atoms with van der Waals surface area (Å²) in [6, 6.07) is 8.09. The van der Waals surface area contributed by atoms with Gasteiger partial charge in [0, 0.05) is 18.5 Å². The van der Waals surface area contributed by atoms with Crippen molar-refractivity contribution < 1.29 is 4.39 Å². The summed E-state index contributed by atoms with van der Waals surface area (Å²) in [6.07, 6.45) is 0. The number of hydrogen-bond donors (Lipinski definition) is 1. The largest absolute Gasteiger partial charge is 0.366 e. The van der Waals surface area contributed by atoms with E-state index >= 15 is 0 Å². The van der Waals surface area contributed by atoms with Crippen molar-refractivity contribution in [3.8, 4) is 0 Å². The number of halogens is 2. The van der Waals surface area contributed by atoms with Gasteiger partial charge >= 0.3 is 0 Å². The molecule has 0 spiro atoms. The number of rotatable bonds is 4. The molecule has 0 aliphatic heterocycles. The second-order valence-electron chi connectivity index (χ2n) is 4.57. The molecule has 0 atom stereocenters. The van der Waals surface area contributed by atoms with Gasteiger partial charge in [0.2, 0.25) is 0 Å². The molecule has 3 nitrogen and oxygen atoms in total. The minimum Gasteiger partial charge on any atom is -0.366 e. The lowest BCUT2D eigenvalue weighted by Gasteiger charge is -2.09. The van der Waals surface area contributed by atoms with Gasteiger partial charge in [-0.25, -0.2) is 14.4 Å². The number of aromatic nitrogens is 2. The van der Waals surface area contributed by atoms with Crippen LogP contribution < -0.4 is 5.32 Å². The number of nitrogens with zero attached hydrogens (tertiary/aromatic N) is 2. The van der Waals surface area contributed by atoms with E-state index in [1.807, 2.05) is 19.9 Å². The van der Waals surface area contributed by atoms with Crippen LogP contribution in [0, 0.1) is 5.82 Å². The first-order valence-corrected chi connectivity index (χ1v) is 6.45. The lowest BCUT2D eigenvalue weighted by Crippen LogP contribution is -2.05. The van der Waals surface area contributed by atoms with Crippen LogP contribution in [0.1, 0.15) is 31.2 Å². The van der Waals surface area contributed by atoms with E-state index in [-0.39, 0.29) is 11.7 Å². The Balaban J connectivity index is 2.11. The van der Waals surface area contributed by atoms with Crippen molar-refractivity contribution >= 4 is 17.4 Å². The van der Waals surface area contributed by atoms with Crippen LogP contribution >= 0.6 is 11.6 Å². The SMILES string of the molecule is CC(C)c1nc(Cl)cc(NCc2cccc(F)c2)n1. The van der Waals surface area contributed by atoms with Crippen molar-refractivity contribution in [2.75, 3.05) is 5.32 Å². The molecule has 0 saturated heterocycles. The van der Waals surface area contributed by atoms with Crippen molar-refractivity contribution in [2.45, 2.75) is 26.3 Å². The zero-order chi connectivity index (χ0) is 13.8. The molecule has 0 aliphatic rings. The maximum atomic E-state index is 13.1. The maximum absolute atomic E-state index is 13.1. The summed E-state index contributed by atoms with van der Waals surface area (Å²) < 4.78 is 13.1. The normalized spacial score (nSPS) is 10.8. The van der Waals surface area contributed by atoms with E-state index in [9.17, 15) is 4.39 Å². The van der Waals surface area contributed by atoms with E-state index in [4.69, 9.17) is 11.6 Å². The Morgan fingerprint density at radius 1 is 1.26 bits per heavy atom. The summed E-state index contributed by atoms with van der Waals surface area (Å²) >= 11 is 5.95. The molecule has 0 bridgehead atoms. The summed E-state index contributed by atoms with van der Waals surface area (Å²) in [5, 5.41) is 3.53. The molecule has 1 aromatic carbocycles. The lowest BCUT2D eigenvalue weighted by molar-refractivity contribution is 0.626. The van der Waals surface area contributed by atoms with Crippen LogP contribution in [-0.2, 0) is 6.54 Å². The average molecular weight is 280 g/mol. The highest BCUT2D eigenvalue weighted by Crippen LogP contribution is 2.17. The van der Waals surface area contributed by atoms with Gasteiger partial charge in [0.25, 0.3) is 0 Å². The highest BCUT2D eigenvalue weighted by atomic mass is 35.5. The maximum Gasteiger partial charge on any atom is 0.135 e. The highest BCUT2D eigenvalue weighted by Gasteiger charge is 2.07. The monoisotopic (exact) mass is 279 g/mol. The van der Waals surface area contributed by atoms with E-state index < -0.39 is 0 Å². The van der Waals surface area contributed by atoms with Gasteiger partial charge in [-0.2, -0.15) is 0 Å². The van der Waals surface area contributed by atoms with Crippen molar-refractivity contribution in [1.29, 1.82) is 0 Å². The zero-order valence-corrected chi connectivity index (χ0v) is 11.6. The van der Waals surface area contributed by atoms with Gasteiger partial charge < -0.3 is 5.32 Å². The fraction of sp³-hybridized carbons (Fsp3) is 0.286. The number of anilines is 1. The Bertz CT molecular complexity index is 572. The minimum absolute atomic E-state index is 0.202. The van der Waals surface area contributed by atoms with Crippen LogP contribution in [0.5, 0.6) is 0 Å². The molecule has 2 aromatic rings. The molecule has 19 heavy (non-hydrogen) atoms. The summed E-state index contributed by atoms with van der Waals surface area (Å²) in [5.74, 6) is 1.29. The Morgan fingerprint density at radius 2 is 2.05 bits per heavy atom. The predicted octanol–water partition coefficient (Wildman–Crippen LogP) is 4.00. The van der Waals surface area contributed by atoms with Crippen LogP contribution in [0.4, 0.5) is 10.2 Å². The third kappa shape index (κ3) is 3.89. The Morgan fingerprint density at radius 3 is 2.74 bits per heavy atom. The Hall–Kier alpha value is -1.68. The van der Waals surface area contributed by atoms with Gasteiger partial charge in [-0.1, -0.05) is 37.6 Å². The van der Waals surface area contributed by atoms with E-state index in [2.05, 4.69) is 15.3 Å². The van der Waals surface area contributed by atoms with Gasteiger partial charge in [-0.3, -0.25) is 0 Å². The number of benzene rings is 1. The molecule has 1 heterocycles.